The van der Waals surface area contributed by atoms with Gasteiger partial charge in [-0.1, -0.05) is 41.3 Å². The Kier molecular flexibility index (Phi) is 5.57. The maximum Gasteiger partial charge on any atom is 0.234 e. The molecule has 1 amide bonds. The van der Waals surface area contributed by atoms with Gasteiger partial charge in [0.15, 0.2) is 19.9 Å². The predicted octanol–water partition coefficient (Wildman–Crippen LogP) is 4.67. The number of carbonyl (C=O) groups is 1. The molecule has 2 aromatic carbocycles. The molecular formula is C16H11F2N3OS3. The second-order valence-corrected chi connectivity index (χ2v) is 7.69. The summed E-state index contributed by atoms with van der Waals surface area (Å²) in [6, 6.07) is 12.7. The van der Waals surface area contributed by atoms with E-state index in [0.29, 0.717) is 8.29 Å². The SMILES string of the molecule is O=C(CSc1nn(-c2ccccc2)c(=S)s1)Nc1ccc(F)c(F)c1. The summed E-state index contributed by atoms with van der Waals surface area (Å²) in [5.41, 5.74) is 1.05. The van der Waals surface area contributed by atoms with Gasteiger partial charge in [0.25, 0.3) is 0 Å². The van der Waals surface area contributed by atoms with Gasteiger partial charge >= 0.3 is 0 Å². The number of halogens is 2. The number of carbonyl (C=O) groups excluding carboxylic acids is 1. The molecule has 0 saturated carbocycles. The summed E-state index contributed by atoms with van der Waals surface area (Å²) in [6.45, 7) is 0. The molecule has 0 unspecified atom stereocenters. The molecule has 0 spiro atoms. The highest BCUT2D eigenvalue weighted by Gasteiger charge is 2.10. The van der Waals surface area contributed by atoms with Crippen LogP contribution in [0.5, 0.6) is 0 Å². The average molecular weight is 395 g/mol. The molecule has 0 radical (unpaired) electrons. The largest absolute Gasteiger partial charge is 0.325 e. The predicted molar refractivity (Wildman–Crippen MR) is 98.0 cm³/mol. The number of rotatable bonds is 5. The first kappa shape index (κ1) is 17.7. The Balaban J connectivity index is 1.63. The molecule has 0 aliphatic heterocycles. The van der Waals surface area contributed by atoms with E-state index >= 15 is 0 Å². The first-order valence-corrected chi connectivity index (χ1v) is 9.27. The lowest BCUT2D eigenvalue weighted by molar-refractivity contribution is -0.113. The highest BCUT2D eigenvalue weighted by molar-refractivity contribution is 8.01. The van der Waals surface area contributed by atoms with E-state index in [2.05, 4.69) is 10.4 Å². The summed E-state index contributed by atoms with van der Waals surface area (Å²) in [5, 5.41) is 6.90. The topological polar surface area (TPSA) is 46.9 Å². The summed E-state index contributed by atoms with van der Waals surface area (Å²) in [4.78, 5) is 11.9. The van der Waals surface area contributed by atoms with Gasteiger partial charge in [0, 0.05) is 11.8 Å². The van der Waals surface area contributed by atoms with Crippen LogP contribution < -0.4 is 5.32 Å². The Morgan fingerprint density at radius 2 is 1.96 bits per heavy atom. The van der Waals surface area contributed by atoms with E-state index in [-0.39, 0.29) is 17.3 Å². The summed E-state index contributed by atoms with van der Waals surface area (Å²) in [6.07, 6.45) is 0. The molecule has 128 valence electrons. The molecule has 0 fully saturated rings. The molecule has 0 atom stereocenters. The number of aromatic nitrogens is 2. The monoisotopic (exact) mass is 395 g/mol. The van der Waals surface area contributed by atoms with Gasteiger partial charge in [0.1, 0.15) is 0 Å². The Bertz CT molecular complexity index is 957. The van der Waals surface area contributed by atoms with Crippen molar-refractivity contribution in [1.82, 2.24) is 9.78 Å². The van der Waals surface area contributed by atoms with Crippen LogP contribution in [0, 0.1) is 15.6 Å². The highest BCUT2D eigenvalue weighted by atomic mass is 32.2. The molecule has 4 nitrogen and oxygen atoms in total. The van der Waals surface area contributed by atoms with Crippen LogP contribution in [0.4, 0.5) is 14.5 Å². The highest BCUT2D eigenvalue weighted by Crippen LogP contribution is 2.24. The number of anilines is 1. The minimum Gasteiger partial charge on any atom is -0.325 e. The fourth-order valence-corrected chi connectivity index (χ4v) is 4.11. The molecular weight excluding hydrogens is 384 g/mol. The van der Waals surface area contributed by atoms with Crippen LogP contribution in [0.15, 0.2) is 52.9 Å². The maximum atomic E-state index is 13.1. The van der Waals surface area contributed by atoms with Crippen molar-refractivity contribution >= 4 is 46.9 Å². The van der Waals surface area contributed by atoms with E-state index in [1.165, 1.54) is 29.2 Å². The fraction of sp³-hybridized carbons (Fsp3) is 0.0625. The van der Waals surface area contributed by atoms with E-state index < -0.39 is 11.6 Å². The first-order valence-electron chi connectivity index (χ1n) is 7.06. The second kappa shape index (κ2) is 7.85. The van der Waals surface area contributed by atoms with Crippen molar-refractivity contribution in [2.24, 2.45) is 0 Å². The zero-order chi connectivity index (χ0) is 17.8. The quantitative estimate of drug-likeness (QED) is 0.504. The Hall–Kier alpha value is -2.10. The molecule has 1 aromatic heterocycles. The van der Waals surface area contributed by atoms with Crippen molar-refractivity contribution in [3.05, 3.63) is 64.1 Å². The lowest BCUT2D eigenvalue weighted by Crippen LogP contribution is -2.14. The second-order valence-electron chi connectivity index (χ2n) is 4.85. The molecule has 25 heavy (non-hydrogen) atoms. The fourth-order valence-electron chi connectivity index (χ4n) is 1.95. The van der Waals surface area contributed by atoms with Gasteiger partial charge in [-0.2, -0.15) is 0 Å². The maximum absolute atomic E-state index is 13.1. The molecule has 0 bridgehead atoms. The molecule has 0 aliphatic carbocycles. The summed E-state index contributed by atoms with van der Waals surface area (Å²) < 4.78 is 28.9. The molecule has 3 aromatic rings. The Labute approximate surface area is 155 Å². The number of amides is 1. The summed E-state index contributed by atoms with van der Waals surface area (Å²) in [5.74, 6) is -2.23. The Morgan fingerprint density at radius 3 is 2.68 bits per heavy atom. The third kappa shape index (κ3) is 4.50. The number of nitrogens with one attached hydrogen (secondary N) is 1. The number of hydrogen-bond donors (Lipinski definition) is 1. The minimum atomic E-state index is -1.01. The number of hydrogen-bond acceptors (Lipinski definition) is 5. The van der Waals surface area contributed by atoms with E-state index in [0.717, 1.165) is 17.8 Å². The zero-order valence-corrected chi connectivity index (χ0v) is 15.1. The summed E-state index contributed by atoms with van der Waals surface area (Å²) in [7, 11) is 0. The standard InChI is InChI=1S/C16H11F2N3OS3/c17-12-7-6-10(8-13(12)18)19-14(22)9-24-15-20-21(16(23)25-15)11-4-2-1-3-5-11/h1-8H,9H2,(H,19,22). The average Bonchev–Trinajstić information content (AvgIpc) is 2.98. The number of nitrogens with zero attached hydrogens (tertiary/aromatic N) is 2. The molecule has 1 N–H and O–H groups in total. The van der Waals surface area contributed by atoms with Gasteiger partial charge in [0.2, 0.25) is 5.91 Å². The van der Waals surface area contributed by atoms with Gasteiger partial charge in [-0.15, -0.1) is 5.10 Å². The number of para-hydroxylation sites is 1. The van der Waals surface area contributed by atoms with Crippen molar-refractivity contribution in [3.63, 3.8) is 0 Å². The molecule has 0 aliphatic rings. The van der Waals surface area contributed by atoms with Gasteiger partial charge < -0.3 is 5.32 Å². The Morgan fingerprint density at radius 1 is 1.20 bits per heavy atom. The third-order valence-corrected chi connectivity index (χ3v) is 5.43. The molecule has 0 saturated heterocycles. The molecule has 3 rings (SSSR count). The van der Waals surface area contributed by atoms with Crippen LogP contribution in [-0.4, -0.2) is 21.4 Å². The van der Waals surface area contributed by atoms with Gasteiger partial charge in [0.05, 0.1) is 11.4 Å². The lowest BCUT2D eigenvalue weighted by Gasteiger charge is -2.04. The van der Waals surface area contributed by atoms with Gasteiger partial charge in [-0.25, -0.2) is 13.5 Å². The first-order chi connectivity index (χ1) is 12.0. The van der Waals surface area contributed by atoms with E-state index in [9.17, 15) is 13.6 Å². The van der Waals surface area contributed by atoms with E-state index in [1.54, 1.807) is 4.68 Å². The van der Waals surface area contributed by atoms with Crippen molar-refractivity contribution < 1.29 is 13.6 Å². The van der Waals surface area contributed by atoms with Gasteiger partial charge in [-0.3, -0.25) is 4.79 Å². The number of benzene rings is 2. The van der Waals surface area contributed by atoms with Crippen molar-refractivity contribution in [1.29, 1.82) is 0 Å². The van der Waals surface area contributed by atoms with Crippen LogP contribution in [-0.2, 0) is 4.79 Å². The molecule has 9 heteroatoms. The lowest BCUT2D eigenvalue weighted by atomic mass is 10.3. The van der Waals surface area contributed by atoms with Crippen LogP contribution in [0.25, 0.3) is 5.69 Å². The van der Waals surface area contributed by atoms with Crippen LogP contribution in [0.3, 0.4) is 0 Å². The van der Waals surface area contributed by atoms with Gasteiger partial charge in [-0.05, 0) is 36.5 Å². The van der Waals surface area contributed by atoms with Crippen LogP contribution >= 0.6 is 35.3 Å². The number of thioether (sulfide) groups is 1. The van der Waals surface area contributed by atoms with Crippen molar-refractivity contribution in [3.8, 4) is 5.69 Å². The zero-order valence-electron chi connectivity index (χ0n) is 12.6. The van der Waals surface area contributed by atoms with Crippen LogP contribution in [0.1, 0.15) is 0 Å². The minimum absolute atomic E-state index is 0.0794. The van der Waals surface area contributed by atoms with Crippen LogP contribution in [0.2, 0.25) is 0 Å². The van der Waals surface area contributed by atoms with Crippen molar-refractivity contribution in [2.75, 3.05) is 11.1 Å². The van der Waals surface area contributed by atoms with E-state index in [4.69, 9.17) is 12.2 Å². The summed E-state index contributed by atoms with van der Waals surface area (Å²) >= 11 is 7.82. The normalized spacial score (nSPS) is 10.6. The smallest absolute Gasteiger partial charge is 0.234 e. The molecule has 1 heterocycles. The third-order valence-electron chi connectivity index (χ3n) is 3.06. The van der Waals surface area contributed by atoms with Crippen molar-refractivity contribution in [2.45, 2.75) is 4.34 Å². The van der Waals surface area contributed by atoms with E-state index in [1.807, 2.05) is 30.3 Å².